The Morgan fingerprint density at radius 2 is 1.71 bits per heavy atom. The van der Waals surface area contributed by atoms with Crippen LogP contribution in [0.2, 0.25) is 10.0 Å². The van der Waals surface area contributed by atoms with Crippen molar-refractivity contribution in [1.82, 2.24) is 4.98 Å². The SMILES string of the molecule is COc1c(Cl)cc(/C(O)=C2\C(=O)C(=O)N(c3cccc(C)c3)C2c2ccncc2)c(OC)c1Cl. The first kappa shape index (κ1) is 23.6. The fourth-order valence-electron chi connectivity index (χ4n) is 4.03. The minimum absolute atomic E-state index is 0.0208. The second-order valence-corrected chi connectivity index (χ2v) is 8.36. The number of halogens is 2. The maximum absolute atomic E-state index is 13.3. The van der Waals surface area contributed by atoms with Gasteiger partial charge in [0.15, 0.2) is 11.5 Å². The lowest BCUT2D eigenvalue weighted by atomic mass is 9.95. The normalized spacial score (nSPS) is 17.2. The summed E-state index contributed by atoms with van der Waals surface area (Å²) in [5.41, 5.74) is 1.93. The summed E-state index contributed by atoms with van der Waals surface area (Å²) in [6.45, 7) is 1.88. The third kappa shape index (κ3) is 3.87. The van der Waals surface area contributed by atoms with E-state index in [4.69, 9.17) is 32.7 Å². The molecule has 3 aromatic rings. The molecule has 4 rings (SSSR count). The van der Waals surface area contributed by atoms with Crippen molar-refractivity contribution >= 4 is 46.3 Å². The number of amides is 1. The van der Waals surface area contributed by atoms with E-state index < -0.39 is 23.5 Å². The zero-order valence-electron chi connectivity index (χ0n) is 18.5. The zero-order chi connectivity index (χ0) is 24.6. The first-order valence-corrected chi connectivity index (χ1v) is 10.9. The van der Waals surface area contributed by atoms with Crippen LogP contribution in [0, 0.1) is 6.92 Å². The van der Waals surface area contributed by atoms with Crippen molar-refractivity contribution in [2.75, 3.05) is 19.1 Å². The van der Waals surface area contributed by atoms with Crippen molar-refractivity contribution in [3.63, 3.8) is 0 Å². The molecule has 1 aromatic heterocycles. The van der Waals surface area contributed by atoms with Gasteiger partial charge < -0.3 is 14.6 Å². The van der Waals surface area contributed by atoms with Gasteiger partial charge in [0, 0.05) is 18.1 Å². The molecular weight excluding hydrogens is 479 g/mol. The lowest BCUT2D eigenvalue weighted by molar-refractivity contribution is -0.132. The van der Waals surface area contributed by atoms with E-state index in [0.29, 0.717) is 11.3 Å². The van der Waals surface area contributed by atoms with Crippen LogP contribution < -0.4 is 14.4 Å². The van der Waals surface area contributed by atoms with Crippen LogP contribution in [-0.2, 0) is 9.59 Å². The highest BCUT2D eigenvalue weighted by molar-refractivity contribution is 6.52. The number of carbonyl (C=O) groups is 2. The smallest absolute Gasteiger partial charge is 0.300 e. The molecular formula is C25H20Cl2N2O5. The van der Waals surface area contributed by atoms with Crippen LogP contribution in [0.3, 0.4) is 0 Å². The number of hydrogen-bond donors (Lipinski definition) is 1. The minimum atomic E-state index is -0.922. The topological polar surface area (TPSA) is 89.0 Å². The number of aliphatic hydroxyl groups is 1. The molecule has 0 aliphatic carbocycles. The van der Waals surface area contributed by atoms with Crippen molar-refractivity contribution in [3.05, 3.63) is 87.2 Å². The van der Waals surface area contributed by atoms with E-state index >= 15 is 0 Å². The Kier molecular flexibility index (Phi) is 6.50. The number of ketones is 1. The Bertz CT molecular complexity index is 1320. The van der Waals surface area contributed by atoms with Gasteiger partial charge in [-0.2, -0.15) is 0 Å². The van der Waals surface area contributed by atoms with Gasteiger partial charge in [-0.1, -0.05) is 35.3 Å². The number of benzene rings is 2. The van der Waals surface area contributed by atoms with Gasteiger partial charge in [-0.3, -0.25) is 19.5 Å². The van der Waals surface area contributed by atoms with Crippen LogP contribution in [0.15, 0.2) is 60.4 Å². The molecule has 0 saturated carbocycles. The van der Waals surface area contributed by atoms with Gasteiger partial charge in [0.25, 0.3) is 11.7 Å². The monoisotopic (exact) mass is 498 g/mol. The van der Waals surface area contributed by atoms with Gasteiger partial charge in [-0.15, -0.1) is 0 Å². The number of hydrogen-bond acceptors (Lipinski definition) is 6. The number of ether oxygens (including phenoxy) is 2. The number of aryl methyl sites for hydroxylation is 1. The molecule has 1 aliphatic rings. The van der Waals surface area contributed by atoms with Crippen LogP contribution >= 0.6 is 23.2 Å². The van der Waals surface area contributed by atoms with Crippen LogP contribution in [0.25, 0.3) is 5.76 Å². The number of Topliss-reactive ketones (excluding diaryl/α,β-unsaturated/α-hetero) is 1. The fraction of sp³-hybridized carbons (Fsp3) is 0.160. The molecule has 1 unspecified atom stereocenters. The van der Waals surface area contributed by atoms with Crippen LogP contribution in [-0.4, -0.2) is 36.0 Å². The molecule has 174 valence electrons. The predicted molar refractivity (Wildman–Crippen MR) is 130 cm³/mol. The molecule has 0 spiro atoms. The largest absolute Gasteiger partial charge is 0.507 e. The average molecular weight is 499 g/mol. The van der Waals surface area contributed by atoms with E-state index in [0.717, 1.165) is 5.56 Å². The van der Waals surface area contributed by atoms with Crippen molar-refractivity contribution in [1.29, 1.82) is 0 Å². The quantitative estimate of drug-likeness (QED) is 0.290. The van der Waals surface area contributed by atoms with E-state index in [1.807, 2.05) is 13.0 Å². The van der Waals surface area contributed by atoms with E-state index in [1.165, 1.54) is 25.2 Å². The maximum Gasteiger partial charge on any atom is 0.300 e. The third-order valence-electron chi connectivity index (χ3n) is 5.54. The summed E-state index contributed by atoms with van der Waals surface area (Å²) in [5.74, 6) is -1.90. The molecule has 7 nitrogen and oxygen atoms in total. The lowest BCUT2D eigenvalue weighted by Gasteiger charge is -2.25. The van der Waals surface area contributed by atoms with Gasteiger partial charge in [-0.05, 0) is 48.4 Å². The molecule has 0 bridgehead atoms. The summed E-state index contributed by atoms with van der Waals surface area (Å²) in [6.07, 6.45) is 3.10. The number of pyridine rings is 1. The number of anilines is 1. The van der Waals surface area contributed by atoms with E-state index in [-0.39, 0.29) is 32.7 Å². The van der Waals surface area contributed by atoms with E-state index in [2.05, 4.69) is 4.98 Å². The number of nitrogens with zero attached hydrogens (tertiary/aromatic N) is 2. The number of rotatable bonds is 5. The minimum Gasteiger partial charge on any atom is -0.507 e. The molecule has 1 amide bonds. The van der Waals surface area contributed by atoms with Gasteiger partial charge in [0.05, 0.1) is 36.4 Å². The molecule has 2 aromatic carbocycles. The summed E-state index contributed by atoms with van der Waals surface area (Å²) in [4.78, 5) is 31.9. The number of aliphatic hydroxyl groups excluding tert-OH is 1. The summed E-state index contributed by atoms with van der Waals surface area (Å²) < 4.78 is 10.6. The van der Waals surface area contributed by atoms with E-state index in [9.17, 15) is 14.7 Å². The zero-order valence-corrected chi connectivity index (χ0v) is 20.0. The fourth-order valence-corrected chi connectivity index (χ4v) is 4.72. The molecule has 0 radical (unpaired) electrons. The van der Waals surface area contributed by atoms with Gasteiger partial charge in [-0.25, -0.2) is 0 Å². The molecule has 34 heavy (non-hydrogen) atoms. The molecule has 1 aliphatic heterocycles. The van der Waals surface area contributed by atoms with Crippen molar-refractivity contribution < 1.29 is 24.2 Å². The Morgan fingerprint density at radius 3 is 2.32 bits per heavy atom. The van der Waals surface area contributed by atoms with E-state index in [1.54, 1.807) is 42.7 Å². The van der Waals surface area contributed by atoms with Crippen molar-refractivity contribution in [2.45, 2.75) is 13.0 Å². The Morgan fingerprint density at radius 1 is 1.03 bits per heavy atom. The molecule has 2 heterocycles. The summed E-state index contributed by atoms with van der Waals surface area (Å²) in [5, 5.41) is 11.5. The molecule has 1 N–H and O–H groups in total. The third-order valence-corrected chi connectivity index (χ3v) is 6.16. The van der Waals surface area contributed by atoms with Crippen LogP contribution in [0.1, 0.15) is 22.7 Å². The Hall–Kier alpha value is -3.55. The predicted octanol–water partition coefficient (Wildman–Crippen LogP) is 5.34. The standard InChI is InChI=1S/C25H20Cl2N2O5/c1-13-5-4-6-15(11-13)29-20(14-7-9-28-10-8-14)18(22(31)25(29)32)21(30)16-12-17(26)24(34-3)19(27)23(16)33-2/h4-12,20,30H,1-3H3/b21-18+. The highest BCUT2D eigenvalue weighted by atomic mass is 35.5. The maximum atomic E-state index is 13.3. The summed E-state index contributed by atoms with van der Waals surface area (Å²) in [6, 6.07) is 11.0. The average Bonchev–Trinajstić information content (AvgIpc) is 3.09. The Balaban J connectivity index is 2.01. The van der Waals surface area contributed by atoms with Gasteiger partial charge in [0.2, 0.25) is 0 Å². The van der Waals surface area contributed by atoms with Gasteiger partial charge >= 0.3 is 0 Å². The second-order valence-electron chi connectivity index (χ2n) is 7.58. The molecule has 1 saturated heterocycles. The summed E-state index contributed by atoms with van der Waals surface area (Å²) in [7, 11) is 2.75. The van der Waals surface area contributed by atoms with Gasteiger partial charge in [0.1, 0.15) is 10.8 Å². The molecule has 1 atom stereocenters. The molecule has 9 heteroatoms. The first-order chi connectivity index (χ1) is 16.3. The highest BCUT2D eigenvalue weighted by Crippen LogP contribution is 2.48. The number of aromatic nitrogens is 1. The van der Waals surface area contributed by atoms with Crippen molar-refractivity contribution in [3.8, 4) is 11.5 Å². The second kappa shape index (κ2) is 9.37. The summed E-state index contributed by atoms with van der Waals surface area (Å²) >= 11 is 12.7. The van der Waals surface area contributed by atoms with Crippen molar-refractivity contribution in [2.24, 2.45) is 0 Å². The lowest BCUT2D eigenvalue weighted by Crippen LogP contribution is -2.29. The first-order valence-electron chi connectivity index (χ1n) is 10.2. The van der Waals surface area contributed by atoms with Crippen LogP contribution in [0.5, 0.6) is 11.5 Å². The Labute approximate surface area is 206 Å². The number of methoxy groups -OCH3 is 2. The molecule has 1 fully saturated rings. The highest BCUT2D eigenvalue weighted by Gasteiger charge is 2.47. The van der Waals surface area contributed by atoms with Crippen LogP contribution in [0.4, 0.5) is 5.69 Å². The number of carbonyl (C=O) groups excluding carboxylic acids is 2.